The van der Waals surface area contributed by atoms with Crippen molar-refractivity contribution in [1.82, 2.24) is 9.80 Å². The number of cyclic esters (lactones) is 1. The summed E-state index contributed by atoms with van der Waals surface area (Å²) in [7, 11) is 0. The second-order valence-electron chi connectivity index (χ2n) is 6.43. The third kappa shape index (κ3) is 1.96. The van der Waals surface area contributed by atoms with Crippen LogP contribution in [0.3, 0.4) is 0 Å². The Bertz CT molecular complexity index is 528. The number of carbonyl (C=O) groups is 3. The van der Waals surface area contributed by atoms with E-state index < -0.39 is 6.09 Å². The van der Waals surface area contributed by atoms with Crippen LogP contribution >= 0.6 is 0 Å². The lowest BCUT2D eigenvalue weighted by Gasteiger charge is -2.25. The minimum Gasteiger partial charge on any atom is -0.439 e. The molecule has 4 aliphatic rings. The zero-order chi connectivity index (χ0) is 14.6. The van der Waals surface area contributed by atoms with Crippen molar-refractivity contribution in [3.8, 4) is 0 Å². The van der Waals surface area contributed by atoms with Gasteiger partial charge in [-0.3, -0.25) is 9.59 Å². The Morgan fingerprint density at radius 1 is 1.24 bits per heavy atom. The number of nitrogens with zero attached hydrogens (tertiary/aromatic N) is 2. The van der Waals surface area contributed by atoms with Crippen molar-refractivity contribution in [2.75, 3.05) is 19.7 Å². The topological polar surface area (TPSA) is 66.9 Å². The fourth-order valence-corrected chi connectivity index (χ4v) is 4.17. The minimum absolute atomic E-state index is 0.0972. The third-order valence-electron chi connectivity index (χ3n) is 5.22. The van der Waals surface area contributed by atoms with Crippen molar-refractivity contribution in [1.29, 1.82) is 0 Å². The van der Waals surface area contributed by atoms with Gasteiger partial charge in [0.05, 0.1) is 6.04 Å². The van der Waals surface area contributed by atoms with Gasteiger partial charge in [0.2, 0.25) is 5.91 Å². The molecule has 2 bridgehead atoms. The normalized spacial score (nSPS) is 37.7. The van der Waals surface area contributed by atoms with E-state index >= 15 is 0 Å². The Labute approximate surface area is 122 Å². The lowest BCUT2D eigenvalue weighted by Crippen LogP contribution is -2.43. The number of ether oxygens (including phenoxy) is 1. The summed E-state index contributed by atoms with van der Waals surface area (Å²) in [5.74, 6) is 0.953. The second-order valence-corrected chi connectivity index (χ2v) is 6.43. The van der Waals surface area contributed by atoms with Crippen LogP contribution in [0.2, 0.25) is 0 Å². The number of hydrogen-bond acceptors (Lipinski definition) is 4. The molecule has 6 heteroatoms. The molecule has 0 spiro atoms. The second kappa shape index (κ2) is 4.58. The van der Waals surface area contributed by atoms with Crippen LogP contribution in [-0.2, 0) is 14.3 Å². The standard InChI is InChI=1S/C15H18N2O4/c18-13-8-21-15(20)17(13)11-3-4-16(7-11)14(19)12-6-9-1-2-10(12)5-9/h1-2,9-12H,3-8H2/t9-,10-,11+,12+/m0/s1. The molecular weight excluding hydrogens is 272 g/mol. The summed E-state index contributed by atoms with van der Waals surface area (Å²) in [6.45, 7) is 0.913. The first-order chi connectivity index (χ1) is 10.1. The maximum absolute atomic E-state index is 12.6. The highest BCUT2D eigenvalue weighted by atomic mass is 16.6. The van der Waals surface area contributed by atoms with Crippen LogP contribution in [0.5, 0.6) is 0 Å². The van der Waals surface area contributed by atoms with E-state index in [1.165, 1.54) is 4.90 Å². The summed E-state index contributed by atoms with van der Waals surface area (Å²) < 4.78 is 4.75. The molecule has 6 nitrogen and oxygen atoms in total. The zero-order valence-corrected chi connectivity index (χ0v) is 11.7. The smallest absolute Gasteiger partial charge is 0.417 e. The average Bonchev–Trinajstić information content (AvgIpc) is 3.22. The van der Waals surface area contributed by atoms with Crippen molar-refractivity contribution in [3.63, 3.8) is 0 Å². The van der Waals surface area contributed by atoms with Gasteiger partial charge in [0.15, 0.2) is 6.61 Å². The van der Waals surface area contributed by atoms with E-state index in [0.717, 1.165) is 12.8 Å². The number of allylic oxidation sites excluding steroid dienone is 2. The van der Waals surface area contributed by atoms with Crippen LogP contribution < -0.4 is 0 Å². The molecular formula is C15H18N2O4. The van der Waals surface area contributed by atoms with Crippen molar-refractivity contribution >= 4 is 17.9 Å². The molecule has 2 heterocycles. The fourth-order valence-electron chi connectivity index (χ4n) is 4.17. The van der Waals surface area contributed by atoms with Gasteiger partial charge in [0, 0.05) is 19.0 Å². The first-order valence-electron chi connectivity index (χ1n) is 7.59. The molecule has 2 aliphatic heterocycles. The van der Waals surface area contributed by atoms with Crippen molar-refractivity contribution < 1.29 is 19.1 Å². The molecule has 0 aromatic rings. The predicted octanol–water partition coefficient (Wildman–Crippen LogP) is 0.778. The van der Waals surface area contributed by atoms with E-state index in [0.29, 0.717) is 31.3 Å². The van der Waals surface area contributed by atoms with Crippen molar-refractivity contribution in [2.24, 2.45) is 17.8 Å². The number of fused-ring (bicyclic) bond motifs is 2. The Kier molecular flexibility index (Phi) is 2.80. The summed E-state index contributed by atoms with van der Waals surface area (Å²) >= 11 is 0. The van der Waals surface area contributed by atoms with E-state index in [9.17, 15) is 14.4 Å². The molecule has 4 atom stereocenters. The maximum atomic E-state index is 12.6. The van der Waals surface area contributed by atoms with Gasteiger partial charge in [-0.2, -0.15) is 0 Å². The molecule has 4 rings (SSSR count). The number of imide groups is 1. The Morgan fingerprint density at radius 2 is 2.10 bits per heavy atom. The SMILES string of the molecule is O=C([C@@H]1C[C@H]2C=C[C@H]1C2)N1CC[C@@H](N2C(=O)COC2=O)C1. The molecule has 0 radical (unpaired) electrons. The molecule has 3 fully saturated rings. The summed E-state index contributed by atoms with van der Waals surface area (Å²) in [4.78, 5) is 38.9. The van der Waals surface area contributed by atoms with E-state index in [1.807, 2.05) is 4.90 Å². The molecule has 0 N–H and O–H groups in total. The summed E-state index contributed by atoms with van der Waals surface area (Å²) in [5, 5.41) is 0. The number of carbonyl (C=O) groups excluding carboxylic acids is 3. The van der Waals surface area contributed by atoms with Gasteiger partial charge in [-0.05, 0) is 31.1 Å². The molecule has 3 amide bonds. The molecule has 2 aliphatic carbocycles. The molecule has 2 saturated heterocycles. The number of amides is 3. The summed E-state index contributed by atoms with van der Waals surface area (Å²) in [5.41, 5.74) is 0. The Balaban J connectivity index is 1.42. The van der Waals surface area contributed by atoms with Gasteiger partial charge in [-0.25, -0.2) is 9.69 Å². The maximum Gasteiger partial charge on any atom is 0.417 e. The minimum atomic E-state index is -0.567. The molecule has 0 unspecified atom stereocenters. The first-order valence-corrected chi connectivity index (χ1v) is 7.59. The number of hydrogen-bond donors (Lipinski definition) is 0. The summed E-state index contributed by atoms with van der Waals surface area (Å²) in [6, 6.07) is -0.217. The summed E-state index contributed by atoms with van der Waals surface area (Å²) in [6.07, 6.45) is 6.54. The fraction of sp³-hybridized carbons (Fsp3) is 0.667. The van der Waals surface area contributed by atoms with Crippen LogP contribution in [0, 0.1) is 17.8 Å². The van der Waals surface area contributed by atoms with E-state index in [1.54, 1.807) is 0 Å². The lowest BCUT2D eigenvalue weighted by atomic mass is 9.92. The number of rotatable bonds is 2. The van der Waals surface area contributed by atoms with E-state index in [2.05, 4.69) is 12.2 Å². The Hall–Kier alpha value is -1.85. The number of likely N-dealkylation sites (tertiary alicyclic amines) is 1. The van der Waals surface area contributed by atoms with Crippen LogP contribution in [0.15, 0.2) is 12.2 Å². The first kappa shape index (κ1) is 12.9. The van der Waals surface area contributed by atoms with Crippen LogP contribution in [0.4, 0.5) is 4.79 Å². The molecule has 112 valence electrons. The van der Waals surface area contributed by atoms with Crippen LogP contribution in [0.1, 0.15) is 19.3 Å². The molecule has 0 aromatic carbocycles. The molecule has 0 aromatic heterocycles. The largest absolute Gasteiger partial charge is 0.439 e. The third-order valence-corrected chi connectivity index (χ3v) is 5.22. The van der Waals surface area contributed by atoms with Crippen molar-refractivity contribution in [2.45, 2.75) is 25.3 Å². The van der Waals surface area contributed by atoms with Crippen LogP contribution in [-0.4, -0.2) is 53.4 Å². The van der Waals surface area contributed by atoms with E-state index in [4.69, 9.17) is 4.74 Å². The Morgan fingerprint density at radius 3 is 2.71 bits per heavy atom. The zero-order valence-electron chi connectivity index (χ0n) is 11.7. The lowest BCUT2D eigenvalue weighted by molar-refractivity contribution is -0.136. The van der Waals surface area contributed by atoms with Gasteiger partial charge < -0.3 is 9.64 Å². The molecule has 1 saturated carbocycles. The molecule has 21 heavy (non-hydrogen) atoms. The van der Waals surface area contributed by atoms with Gasteiger partial charge in [0.1, 0.15) is 0 Å². The highest BCUT2D eigenvalue weighted by Gasteiger charge is 2.45. The van der Waals surface area contributed by atoms with Crippen molar-refractivity contribution in [3.05, 3.63) is 12.2 Å². The predicted molar refractivity (Wildman–Crippen MR) is 72.0 cm³/mol. The van der Waals surface area contributed by atoms with E-state index in [-0.39, 0.29) is 30.4 Å². The van der Waals surface area contributed by atoms with Gasteiger partial charge in [0.25, 0.3) is 5.91 Å². The quantitative estimate of drug-likeness (QED) is 0.705. The van der Waals surface area contributed by atoms with Crippen LogP contribution in [0.25, 0.3) is 0 Å². The highest BCUT2D eigenvalue weighted by molar-refractivity contribution is 5.98. The van der Waals surface area contributed by atoms with Gasteiger partial charge in [-0.15, -0.1) is 0 Å². The average molecular weight is 290 g/mol. The van der Waals surface area contributed by atoms with Gasteiger partial charge in [-0.1, -0.05) is 12.2 Å². The highest BCUT2D eigenvalue weighted by Crippen LogP contribution is 2.44. The monoisotopic (exact) mass is 290 g/mol. The van der Waals surface area contributed by atoms with Gasteiger partial charge >= 0.3 is 6.09 Å².